The third kappa shape index (κ3) is 3.22. The highest BCUT2D eigenvalue weighted by molar-refractivity contribution is 5.80. The third-order valence-electron chi connectivity index (χ3n) is 7.19. The summed E-state index contributed by atoms with van der Waals surface area (Å²) in [7, 11) is 0. The van der Waals surface area contributed by atoms with Crippen molar-refractivity contribution in [3.05, 3.63) is 11.6 Å². The van der Waals surface area contributed by atoms with Gasteiger partial charge in [-0.3, -0.25) is 0 Å². The van der Waals surface area contributed by atoms with Crippen LogP contribution >= 0.6 is 0 Å². The van der Waals surface area contributed by atoms with Gasteiger partial charge >= 0.3 is 5.97 Å². The standard InChI is InChI=1S/C20H34O3/c1-14(13-17(21)22)9-12-20(23)15(2)7-8-16-18(3,4)10-6-11-19(16,20)5/h13,15-16,23H,6-12H2,1-5H3,(H,21,22)/t15-,16+,19+,20-/m1/s1. The average Bonchev–Trinajstić information content (AvgIpc) is 2.41. The van der Waals surface area contributed by atoms with Gasteiger partial charge in [-0.15, -0.1) is 0 Å². The monoisotopic (exact) mass is 322 g/mol. The van der Waals surface area contributed by atoms with Gasteiger partial charge < -0.3 is 10.2 Å². The molecule has 0 unspecified atom stereocenters. The zero-order valence-corrected chi connectivity index (χ0v) is 15.5. The van der Waals surface area contributed by atoms with Gasteiger partial charge in [-0.25, -0.2) is 4.79 Å². The maximum Gasteiger partial charge on any atom is 0.328 e. The summed E-state index contributed by atoms with van der Waals surface area (Å²) in [4.78, 5) is 10.8. The molecule has 0 aromatic rings. The molecule has 0 aliphatic heterocycles. The molecule has 2 aliphatic carbocycles. The minimum Gasteiger partial charge on any atom is -0.478 e. The number of aliphatic hydroxyl groups is 1. The average molecular weight is 322 g/mol. The van der Waals surface area contributed by atoms with Crippen molar-refractivity contribution in [2.45, 2.75) is 85.2 Å². The molecule has 2 rings (SSSR count). The van der Waals surface area contributed by atoms with Gasteiger partial charge in [0.2, 0.25) is 0 Å². The first-order valence-electron chi connectivity index (χ1n) is 9.15. The SMILES string of the molecule is CC(=CC(=O)O)CC[C@@]1(O)[C@H](C)CC[C@H]2C(C)(C)CCC[C@@]21C. The Morgan fingerprint density at radius 3 is 2.48 bits per heavy atom. The Morgan fingerprint density at radius 1 is 1.22 bits per heavy atom. The van der Waals surface area contributed by atoms with Crippen LogP contribution in [0.4, 0.5) is 0 Å². The van der Waals surface area contributed by atoms with E-state index in [1.807, 2.05) is 6.92 Å². The molecule has 3 nitrogen and oxygen atoms in total. The predicted octanol–water partition coefficient (Wildman–Crippen LogP) is 4.79. The van der Waals surface area contributed by atoms with E-state index in [0.29, 0.717) is 18.8 Å². The van der Waals surface area contributed by atoms with Crippen LogP contribution in [-0.2, 0) is 4.79 Å². The first-order valence-corrected chi connectivity index (χ1v) is 9.15. The molecule has 3 heteroatoms. The first-order chi connectivity index (χ1) is 10.5. The Balaban J connectivity index is 2.27. The lowest BCUT2D eigenvalue weighted by Crippen LogP contribution is -2.62. The molecule has 0 amide bonds. The van der Waals surface area contributed by atoms with Gasteiger partial charge in [0.05, 0.1) is 5.60 Å². The van der Waals surface area contributed by atoms with Gasteiger partial charge in [-0.1, -0.05) is 39.7 Å². The molecule has 2 N–H and O–H groups in total. The first kappa shape index (κ1) is 18.5. The zero-order valence-electron chi connectivity index (χ0n) is 15.5. The zero-order chi connectivity index (χ0) is 17.5. The summed E-state index contributed by atoms with van der Waals surface area (Å²) in [5, 5.41) is 20.6. The molecule has 0 saturated heterocycles. The summed E-state index contributed by atoms with van der Waals surface area (Å²) in [5.74, 6) is -0.0712. The second-order valence-electron chi connectivity index (χ2n) is 9.04. The summed E-state index contributed by atoms with van der Waals surface area (Å²) >= 11 is 0. The highest BCUT2D eigenvalue weighted by Crippen LogP contribution is 2.63. The fourth-order valence-electron chi connectivity index (χ4n) is 5.77. The fourth-order valence-corrected chi connectivity index (χ4v) is 5.77. The van der Waals surface area contributed by atoms with E-state index in [-0.39, 0.29) is 16.7 Å². The van der Waals surface area contributed by atoms with Crippen molar-refractivity contribution in [1.29, 1.82) is 0 Å². The lowest BCUT2D eigenvalue weighted by Gasteiger charge is -2.63. The largest absolute Gasteiger partial charge is 0.478 e. The van der Waals surface area contributed by atoms with E-state index in [4.69, 9.17) is 5.11 Å². The number of hydrogen-bond donors (Lipinski definition) is 2. The van der Waals surface area contributed by atoms with Gasteiger partial charge in [-0.2, -0.15) is 0 Å². The molecule has 2 fully saturated rings. The molecule has 0 aromatic heterocycles. The number of hydrogen-bond acceptors (Lipinski definition) is 2. The molecule has 0 radical (unpaired) electrons. The van der Waals surface area contributed by atoms with Crippen molar-refractivity contribution in [3.8, 4) is 0 Å². The molecule has 4 atom stereocenters. The highest BCUT2D eigenvalue weighted by atomic mass is 16.4. The third-order valence-corrected chi connectivity index (χ3v) is 7.19. The Labute approximate surface area is 141 Å². The number of carbonyl (C=O) groups is 1. The van der Waals surface area contributed by atoms with Crippen LogP contribution in [-0.4, -0.2) is 21.8 Å². The number of allylic oxidation sites excluding steroid dienone is 1. The summed E-state index contributed by atoms with van der Waals surface area (Å²) in [6, 6.07) is 0. The van der Waals surface area contributed by atoms with Gasteiger partial charge in [0, 0.05) is 6.08 Å². The van der Waals surface area contributed by atoms with Crippen LogP contribution in [0, 0.1) is 22.7 Å². The van der Waals surface area contributed by atoms with Crippen LogP contribution in [0.2, 0.25) is 0 Å². The second kappa shape index (κ2) is 6.23. The lowest BCUT2D eigenvalue weighted by molar-refractivity contribution is -0.211. The normalized spacial score (nSPS) is 40.5. The number of aliphatic carboxylic acids is 1. The van der Waals surface area contributed by atoms with Crippen LogP contribution in [0.1, 0.15) is 79.6 Å². The fraction of sp³-hybridized carbons (Fsp3) is 0.850. The van der Waals surface area contributed by atoms with Crippen LogP contribution in [0.25, 0.3) is 0 Å². The van der Waals surface area contributed by atoms with Crippen molar-refractivity contribution < 1.29 is 15.0 Å². The number of carboxylic acid groups (broad SMARTS) is 1. The van der Waals surface area contributed by atoms with Crippen molar-refractivity contribution in [3.63, 3.8) is 0 Å². The number of fused-ring (bicyclic) bond motifs is 1. The van der Waals surface area contributed by atoms with Gasteiger partial charge in [-0.05, 0) is 68.1 Å². The Morgan fingerprint density at radius 2 is 1.87 bits per heavy atom. The maximum atomic E-state index is 11.7. The number of carboxylic acids is 1. The van der Waals surface area contributed by atoms with Crippen molar-refractivity contribution >= 4 is 5.97 Å². The summed E-state index contributed by atoms with van der Waals surface area (Å²) < 4.78 is 0. The highest BCUT2D eigenvalue weighted by Gasteiger charge is 2.60. The minimum atomic E-state index is -0.894. The Hall–Kier alpha value is -0.830. The quantitative estimate of drug-likeness (QED) is 0.732. The predicted molar refractivity (Wildman–Crippen MR) is 93.2 cm³/mol. The van der Waals surface area contributed by atoms with Crippen molar-refractivity contribution in [1.82, 2.24) is 0 Å². The minimum absolute atomic E-state index is 0.0596. The Kier molecular flexibility index (Phi) is 5.02. The molecular formula is C20H34O3. The summed E-state index contributed by atoms with van der Waals surface area (Å²) in [6.07, 6.45) is 8.40. The van der Waals surface area contributed by atoms with E-state index >= 15 is 0 Å². The molecule has 23 heavy (non-hydrogen) atoms. The molecule has 2 saturated carbocycles. The van der Waals surface area contributed by atoms with Crippen LogP contribution in [0.3, 0.4) is 0 Å². The van der Waals surface area contributed by atoms with E-state index in [1.54, 1.807) is 0 Å². The number of rotatable bonds is 4. The van der Waals surface area contributed by atoms with E-state index in [2.05, 4.69) is 27.7 Å². The van der Waals surface area contributed by atoms with Gasteiger partial charge in [0.1, 0.15) is 0 Å². The molecule has 0 spiro atoms. The summed E-state index contributed by atoms with van der Waals surface area (Å²) in [5.41, 5.74) is 0.378. The van der Waals surface area contributed by atoms with E-state index in [9.17, 15) is 9.90 Å². The smallest absolute Gasteiger partial charge is 0.328 e. The van der Waals surface area contributed by atoms with Crippen LogP contribution < -0.4 is 0 Å². The topological polar surface area (TPSA) is 57.5 Å². The Bertz CT molecular complexity index is 493. The molecule has 132 valence electrons. The van der Waals surface area contributed by atoms with Gasteiger partial charge in [0.15, 0.2) is 0 Å². The van der Waals surface area contributed by atoms with Crippen LogP contribution in [0.5, 0.6) is 0 Å². The van der Waals surface area contributed by atoms with Gasteiger partial charge in [0.25, 0.3) is 0 Å². The molecule has 2 aliphatic rings. The molecule has 0 aromatic carbocycles. The maximum absolute atomic E-state index is 11.7. The van der Waals surface area contributed by atoms with E-state index < -0.39 is 11.6 Å². The van der Waals surface area contributed by atoms with Crippen LogP contribution in [0.15, 0.2) is 11.6 Å². The van der Waals surface area contributed by atoms with Crippen molar-refractivity contribution in [2.24, 2.45) is 22.7 Å². The molecule has 0 heterocycles. The molecular weight excluding hydrogens is 288 g/mol. The summed E-state index contributed by atoms with van der Waals surface area (Å²) in [6.45, 7) is 11.1. The van der Waals surface area contributed by atoms with E-state index in [1.165, 1.54) is 25.3 Å². The lowest BCUT2D eigenvalue weighted by atomic mass is 9.44. The second-order valence-corrected chi connectivity index (χ2v) is 9.04. The van der Waals surface area contributed by atoms with Crippen molar-refractivity contribution in [2.75, 3.05) is 0 Å². The van der Waals surface area contributed by atoms with E-state index in [0.717, 1.165) is 18.4 Å². The molecule has 0 bridgehead atoms.